The first-order valence-corrected chi connectivity index (χ1v) is 14.9. The van der Waals surface area contributed by atoms with Crippen molar-refractivity contribution in [3.63, 3.8) is 0 Å². The van der Waals surface area contributed by atoms with Crippen LogP contribution in [0.4, 0.5) is 0 Å². The molecule has 0 aliphatic carbocycles. The van der Waals surface area contributed by atoms with Gasteiger partial charge in [-0.15, -0.1) is 0 Å². The fourth-order valence-corrected chi connectivity index (χ4v) is 12.7. The second-order valence-electron chi connectivity index (χ2n) is 5.28. The number of hydrogen-bond acceptors (Lipinski definition) is 0. The van der Waals surface area contributed by atoms with Crippen LogP contribution in [0.15, 0.2) is 84.9 Å². The molecular formula is C20H20As2. The minimum atomic E-state index is -1.18. The Labute approximate surface area is 142 Å². The van der Waals surface area contributed by atoms with Crippen molar-refractivity contribution in [3.8, 4) is 0 Å². The number of rotatable bonds is 4. The van der Waals surface area contributed by atoms with Crippen molar-refractivity contribution < 1.29 is 0 Å². The number of hydrogen-bond donors (Lipinski definition) is 0. The van der Waals surface area contributed by atoms with Crippen molar-refractivity contribution in [3.05, 3.63) is 84.9 Å². The summed E-state index contributed by atoms with van der Waals surface area (Å²) in [6, 6.07) is 31.2. The predicted octanol–water partition coefficient (Wildman–Crippen LogP) is 2.16. The molecule has 0 aliphatic heterocycles. The maximum atomic E-state index is 2.47. The minimum absolute atomic E-state index is 1.18. The topological polar surface area (TPSA) is 0 Å². The Balaban J connectivity index is 2.00. The molecule has 0 spiro atoms. The first-order chi connectivity index (χ1) is 10.8. The molecule has 110 valence electrons. The van der Waals surface area contributed by atoms with Gasteiger partial charge >= 0.3 is 143 Å². The average Bonchev–Trinajstić information content (AvgIpc) is 2.62. The van der Waals surface area contributed by atoms with Crippen LogP contribution in [-0.2, 0) is 0 Å². The molecule has 22 heavy (non-hydrogen) atoms. The fourth-order valence-electron chi connectivity index (χ4n) is 2.61. The van der Waals surface area contributed by atoms with Gasteiger partial charge < -0.3 is 0 Å². The molecule has 3 rings (SSSR count). The van der Waals surface area contributed by atoms with Crippen molar-refractivity contribution >= 4 is 46.7 Å². The summed E-state index contributed by atoms with van der Waals surface area (Å²) in [6.07, 6.45) is 0. The van der Waals surface area contributed by atoms with Gasteiger partial charge in [0.2, 0.25) is 0 Å². The summed E-state index contributed by atoms with van der Waals surface area (Å²) in [4.78, 5) is 0. The average molecular weight is 410 g/mol. The van der Waals surface area contributed by atoms with Crippen molar-refractivity contribution in [1.29, 1.82) is 0 Å². The van der Waals surface area contributed by atoms with E-state index in [1.54, 1.807) is 8.70 Å². The van der Waals surface area contributed by atoms with Gasteiger partial charge in [0.15, 0.2) is 0 Å². The summed E-state index contributed by atoms with van der Waals surface area (Å²) in [5, 5.41) is 0. The molecule has 0 N–H and O–H groups in total. The van der Waals surface area contributed by atoms with Gasteiger partial charge in [-0.25, -0.2) is 0 Å². The van der Waals surface area contributed by atoms with Crippen LogP contribution in [0.2, 0.25) is 11.4 Å². The van der Waals surface area contributed by atoms with Gasteiger partial charge in [-0.3, -0.25) is 0 Å². The van der Waals surface area contributed by atoms with Gasteiger partial charge in [0.25, 0.3) is 0 Å². The Morgan fingerprint density at radius 1 is 0.455 bits per heavy atom. The first kappa shape index (κ1) is 15.7. The van der Waals surface area contributed by atoms with Gasteiger partial charge in [0.1, 0.15) is 0 Å². The van der Waals surface area contributed by atoms with E-state index in [4.69, 9.17) is 0 Å². The van der Waals surface area contributed by atoms with Gasteiger partial charge in [-0.2, -0.15) is 0 Å². The zero-order valence-corrected chi connectivity index (χ0v) is 16.7. The quantitative estimate of drug-likeness (QED) is 0.579. The Bertz CT molecular complexity index is 658. The molecule has 0 bridgehead atoms. The fraction of sp³-hybridized carbons (Fsp3) is 0.100. The second kappa shape index (κ2) is 7.36. The molecule has 0 aliphatic rings. The van der Waals surface area contributed by atoms with E-state index in [0.717, 1.165) is 0 Å². The standard InChI is InChI=1S/C20H20As2/c1-21(17-11-5-3-6-12-17)19-15-9-10-16-20(19)22(2)18-13-7-4-8-14-18/h3-16H,1-2H3. The zero-order valence-electron chi connectivity index (χ0n) is 13.0. The molecule has 2 atom stereocenters. The van der Waals surface area contributed by atoms with Gasteiger partial charge in [0.05, 0.1) is 0 Å². The van der Waals surface area contributed by atoms with Gasteiger partial charge in [0, 0.05) is 0 Å². The molecule has 2 unspecified atom stereocenters. The van der Waals surface area contributed by atoms with Gasteiger partial charge in [-0.1, -0.05) is 0 Å². The molecule has 0 fully saturated rings. The molecular weight excluding hydrogens is 390 g/mol. The van der Waals surface area contributed by atoms with Crippen LogP contribution in [0.3, 0.4) is 0 Å². The van der Waals surface area contributed by atoms with Crippen molar-refractivity contribution in [1.82, 2.24) is 0 Å². The van der Waals surface area contributed by atoms with Crippen LogP contribution >= 0.6 is 0 Å². The molecule has 3 aromatic rings. The third-order valence-corrected chi connectivity index (χ3v) is 13.9. The van der Waals surface area contributed by atoms with Crippen molar-refractivity contribution in [2.24, 2.45) is 0 Å². The molecule has 2 heteroatoms. The van der Waals surface area contributed by atoms with E-state index in [2.05, 4.69) is 96.4 Å². The molecule has 0 aromatic heterocycles. The second-order valence-corrected chi connectivity index (χ2v) is 14.2. The van der Waals surface area contributed by atoms with E-state index in [1.807, 2.05) is 0 Å². The Morgan fingerprint density at radius 3 is 1.14 bits per heavy atom. The van der Waals surface area contributed by atoms with Crippen LogP contribution in [0.25, 0.3) is 0 Å². The SMILES string of the molecule is C[As](c1ccccc1)c1ccccc1[As](C)c1ccccc1. The predicted molar refractivity (Wildman–Crippen MR) is 101 cm³/mol. The molecule has 0 saturated heterocycles. The van der Waals surface area contributed by atoms with Crippen LogP contribution in [0.5, 0.6) is 0 Å². The molecule has 0 nitrogen and oxygen atoms in total. The van der Waals surface area contributed by atoms with E-state index < -0.39 is 29.3 Å². The van der Waals surface area contributed by atoms with E-state index >= 15 is 0 Å². The Kier molecular flexibility index (Phi) is 5.24. The normalized spacial score (nSPS) is 13.5. The van der Waals surface area contributed by atoms with E-state index in [0.29, 0.717) is 0 Å². The summed E-state index contributed by atoms with van der Waals surface area (Å²) >= 11 is -2.36. The molecule has 0 heterocycles. The summed E-state index contributed by atoms with van der Waals surface area (Å²) in [5.41, 5.74) is 4.93. The van der Waals surface area contributed by atoms with E-state index in [-0.39, 0.29) is 0 Å². The van der Waals surface area contributed by atoms with Gasteiger partial charge in [-0.05, 0) is 0 Å². The summed E-state index contributed by atoms with van der Waals surface area (Å²) in [7, 11) is 0. The summed E-state index contributed by atoms with van der Waals surface area (Å²) in [6.45, 7) is 0. The molecule has 0 radical (unpaired) electrons. The zero-order chi connectivity index (χ0) is 15.4. The molecule has 0 amide bonds. The molecule has 0 saturated carbocycles. The molecule has 3 aromatic carbocycles. The maximum absolute atomic E-state index is 2.47. The number of benzene rings is 3. The Morgan fingerprint density at radius 2 is 0.773 bits per heavy atom. The van der Waals surface area contributed by atoms with Crippen LogP contribution in [0, 0.1) is 0 Å². The van der Waals surface area contributed by atoms with Crippen LogP contribution in [-0.4, -0.2) is 29.3 Å². The summed E-state index contributed by atoms with van der Waals surface area (Å²) in [5.74, 6) is 0. The third kappa shape index (κ3) is 3.40. The summed E-state index contributed by atoms with van der Waals surface area (Å²) < 4.78 is 6.34. The van der Waals surface area contributed by atoms with Crippen LogP contribution < -0.4 is 17.4 Å². The van der Waals surface area contributed by atoms with Crippen molar-refractivity contribution in [2.75, 3.05) is 0 Å². The third-order valence-electron chi connectivity index (χ3n) is 3.89. The van der Waals surface area contributed by atoms with Crippen LogP contribution in [0.1, 0.15) is 0 Å². The van der Waals surface area contributed by atoms with E-state index in [9.17, 15) is 0 Å². The monoisotopic (exact) mass is 410 g/mol. The Hall–Kier alpha value is -1.22. The van der Waals surface area contributed by atoms with Crippen molar-refractivity contribution in [2.45, 2.75) is 11.4 Å². The first-order valence-electron chi connectivity index (χ1n) is 7.44. The van der Waals surface area contributed by atoms with E-state index in [1.165, 1.54) is 8.70 Å².